The van der Waals surface area contributed by atoms with Gasteiger partial charge in [0.25, 0.3) is 5.91 Å². The number of nitrogens with one attached hydrogen (secondary N) is 1. The van der Waals surface area contributed by atoms with E-state index >= 15 is 4.39 Å². The third-order valence-electron chi connectivity index (χ3n) is 8.22. The minimum atomic E-state index is -0.907. The van der Waals surface area contributed by atoms with Crippen molar-refractivity contribution >= 4 is 34.1 Å². The molecule has 2 amide bonds. The number of terminal acetylenes is 1. The lowest BCUT2D eigenvalue weighted by molar-refractivity contribution is -0.139. The van der Waals surface area contributed by atoms with Crippen LogP contribution in [-0.2, 0) is 14.3 Å². The second-order valence-corrected chi connectivity index (χ2v) is 11.6. The standard InChI is InChI=1S/C29H34FN5O4S/c1-5-17(3)24(28(38)35-14-18(6-2)26-25(35)23(36)15-39-26)32-27(37)19-7-8-20(21(30)13-19)22-16-40-29(31-22)34-11-9-33(4)10-12-34/h2,7-8,13,16-18,24-26H,5,9-12,14-15H2,1,3-4H3,(H,32,37). The number of piperazine rings is 1. The van der Waals surface area contributed by atoms with Crippen molar-refractivity contribution in [2.24, 2.45) is 11.8 Å². The predicted octanol–water partition coefficient (Wildman–Crippen LogP) is 2.27. The number of hydrogen-bond donors (Lipinski definition) is 1. The zero-order valence-electron chi connectivity index (χ0n) is 22.9. The molecule has 5 atom stereocenters. The van der Waals surface area contributed by atoms with Crippen molar-refractivity contribution in [2.75, 3.05) is 51.3 Å². The average Bonchev–Trinajstić information content (AvgIpc) is 3.68. The van der Waals surface area contributed by atoms with Gasteiger partial charge in [-0.1, -0.05) is 26.2 Å². The molecule has 5 rings (SSSR count). The van der Waals surface area contributed by atoms with Crippen molar-refractivity contribution in [3.05, 3.63) is 35.0 Å². The Bertz CT molecular complexity index is 1330. The molecule has 11 heteroatoms. The van der Waals surface area contributed by atoms with Gasteiger partial charge in [-0.3, -0.25) is 14.4 Å². The minimum Gasteiger partial charge on any atom is -0.366 e. The van der Waals surface area contributed by atoms with Crippen LogP contribution < -0.4 is 10.2 Å². The van der Waals surface area contributed by atoms with Gasteiger partial charge in [0.05, 0.1) is 11.6 Å². The van der Waals surface area contributed by atoms with E-state index in [2.05, 4.69) is 33.1 Å². The first-order valence-electron chi connectivity index (χ1n) is 13.6. The van der Waals surface area contributed by atoms with Crippen LogP contribution in [0.1, 0.15) is 30.6 Å². The lowest BCUT2D eigenvalue weighted by atomic mass is 9.96. The summed E-state index contributed by atoms with van der Waals surface area (Å²) in [4.78, 5) is 50.0. The van der Waals surface area contributed by atoms with Crippen LogP contribution in [0.25, 0.3) is 11.3 Å². The van der Waals surface area contributed by atoms with Gasteiger partial charge in [-0.15, -0.1) is 17.8 Å². The SMILES string of the molecule is C#CC1CN(C(=O)C(NC(=O)c2ccc(-c3csc(N4CCN(C)CC4)n3)c(F)c2)C(C)CC)C2C(=O)COC12. The maximum atomic E-state index is 15.3. The van der Waals surface area contributed by atoms with Crippen molar-refractivity contribution in [2.45, 2.75) is 38.5 Å². The molecule has 40 heavy (non-hydrogen) atoms. The molecular formula is C29H34FN5O4S. The number of Topliss-reactive ketones (excluding diaryl/α,β-unsaturated/α-hetero) is 1. The monoisotopic (exact) mass is 567 g/mol. The second kappa shape index (κ2) is 11.6. The number of hydrogen-bond acceptors (Lipinski definition) is 8. The van der Waals surface area contributed by atoms with E-state index in [1.807, 2.05) is 19.2 Å². The number of thiazole rings is 1. The van der Waals surface area contributed by atoms with E-state index in [1.165, 1.54) is 28.4 Å². The smallest absolute Gasteiger partial charge is 0.252 e. The molecule has 5 unspecified atom stereocenters. The second-order valence-electron chi connectivity index (χ2n) is 10.8. The highest BCUT2D eigenvalue weighted by molar-refractivity contribution is 7.14. The van der Waals surface area contributed by atoms with E-state index in [0.717, 1.165) is 31.3 Å². The van der Waals surface area contributed by atoms with Crippen molar-refractivity contribution in [3.8, 4) is 23.6 Å². The van der Waals surface area contributed by atoms with Crippen LogP contribution in [0.3, 0.4) is 0 Å². The third kappa shape index (κ3) is 5.36. The number of likely N-dealkylation sites (tertiary alicyclic amines) is 1. The Balaban J connectivity index is 1.31. The number of halogens is 1. The maximum absolute atomic E-state index is 15.3. The molecule has 0 spiro atoms. The topological polar surface area (TPSA) is 95.1 Å². The highest BCUT2D eigenvalue weighted by Gasteiger charge is 2.53. The lowest BCUT2D eigenvalue weighted by Gasteiger charge is -2.32. The summed E-state index contributed by atoms with van der Waals surface area (Å²) in [6.07, 6.45) is 5.71. The van der Waals surface area contributed by atoms with Crippen LogP contribution >= 0.6 is 11.3 Å². The number of carbonyl (C=O) groups excluding carboxylic acids is 3. The number of ketones is 1. The zero-order chi connectivity index (χ0) is 28.6. The van der Waals surface area contributed by atoms with Gasteiger partial charge in [-0.25, -0.2) is 9.37 Å². The summed E-state index contributed by atoms with van der Waals surface area (Å²) in [5.74, 6) is 0.289. The van der Waals surface area contributed by atoms with E-state index in [-0.39, 0.29) is 36.3 Å². The van der Waals surface area contributed by atoms with Crippen LogP contribution in [0.5, 0.6) is 0 Å². The summed E-state index contributed by atoms with van der Waals surface area (Å²) in [7, 11) is 2.08. The van der Waals surface area contributed by atoms with Gasteiger partial charge in [0.1, 0.15) is 30.6 Å². The van der Waals surface area contributed by atoms with Crippen molar-refractivity contribution in [3.63, 3.8) is 0 Å². The molecule has 3 aliphatic heterocycles. The number of fused-ring (bicyclic) bond motifs is 1. The lowest BCUT2D eigenvalue weighted by Crippen LogP contribution is -2.54. The fourth-order valence-electron chi connectivity index (χ4n) is 5.51. The van der Waals surface area contributed by atoms with Gasteiger partial charge >= 0.3 is 0 Å². The minimum absolute atomic E-state index is 0.0842. The van der Waals surface area contributed by atoms with E-state index in [0.29, 0.717) is 17.7 Å². The highest BCUT2D eigenvalue weighted by Crippen LogP contribution is 2.33. The van der Waals surface area contributed by atoms with E-state index in [9.17, 15) is 14.4 Å². The van der Waals surface area contributed by atoms with Crippen molar-refractivity contribution < 1.29 is 23.5 Å². The fourth-order valence-corrected chi connectivity index (χ4v) is 6.39. The van der Waals surface area contributed by atoms with Crippen LogP contribution in [0.2, 0.25) is 0 Å². The molecule has 0 radical (unpaired) electrons. The molecule has 4 heterocycles. The molecule has 0 saturated carbocycles. The average molecular weight is 568 g/mol. The number of benzene rings is 1. The molecule has 2 aromatic rings. The van der Waals surface area contributed by atoms with Gasteiger partial charge in [0, 0.05) is 49.2 Å². The molecule has 1 aromatic carbocycles. The molecular weight excluding hydrogens is 533 g/mol. The molecule has 3 fully saturated rings. The summed E-state index contributed by atoms with van der Waals surface area (Å²) in [5.41, 5.74) is 0.926. The Kier molecular flexibility index (Phi) is 8.21. The maximum Gasteiger partial charge on any atom is 0.252 e. The number of aromatic nitrogens is 1. The number of anilines is 1. The van der Waals surface area contributed by atoms with Crippen LogP contribution in [0.4, 0.5) is 9.52 Å². The van der Waals surface area contributed by atoms with Gasteiger partial charge in [-0.2, -0.15) is 0 Å². The zero-order valence-corrected chi connectivity index (χ0v) is 23.7. The largest absolute Gasteiger partial charge is 0.366 e. The first kappa shape index (κ1) is 28.2. The van der Waals surface area contributed by atoms with Gasteiger partial charge < -0.3 is 24.8 Å². The van der Waals surface area contributed by atoms with Crippen LogP contribution in [-0.4, -0.2) is 96.9 Å². The fraction of sp³-hybridized carbons (Fsp3) is 0.517. The van der Waals surface area contributed by atoms with E-state index in [1.54, 1.807) is 6.07 Å². The van der Waals surface area contributed by atoms with Crippen LogP contribution in [0.15, 0.2) is 23.6 Å². The molecule has 0 bridgehead atoms. The summed E-state index contributed by atoms with van der Waals surface area (Å²) >= 11 is 1.47. The molecule has 0 aliphatic carbocycles. The normalized spacial score (nSPS) is 24.5. The Morgan fingerprint density at radius 3 is 2.73 bits per heavy atom. The first-order chi connectivity index (χ1) is 19.2. The Morgan fingerprint density at radius 2 is 2.05 bits per heavy atom. The Hall–Kier alpha value is -3.33. The van der Waals surface area contributed by atoms with E-state index < -0.39 is 35.8 Å². The number of ether oxygens (including phenoxy) is 1. The predicted molar refractivity (Wildman–Crippen MR) is 150 cm³/mol. The quantitative estimate of drug-likeness (QED) is 0.513. The Labute approximate surface area is 237 Å². The summed E-state index contributed by atoms with van der Waals surface area (Å²) in [5, 5.41) is 5.47. The molecule has 9 nitrogen and oxygen atoms in total. The third-order valence-corrected chi connectivity index (χ3v) is 9.12. The number of nitrogens with zero attached hydrogens (tertiary/aromatic N) is 4. The molecule has 212 valence electrons. The van der Waals surface area contributed by atoms with Gasteiger partial charge in [0.15, 0.2) is 10.9 Å². The number of likely N-dealkylation sites (N-methyl/N-ethyl adjacent to an activating group) is 1. The summed E-state index contributed by atoms with van der Waals surface area (Å²) in [6.45, 7) is 7.49. The number of carbonyl (C=O) groups is 3. The Morgan fingerprint density at radius 1 is 1.30 bits per heavy atom. The molecule has 1 aromatic heterocycles. The number of amides is 2. The molecule has 3 saturated heterocycles. The first-order valence-corrected chi connectivity index (χ1v) is 14.5. The summed E-state index contributed by atoms with van der Waals surface area (Å²) < 4.78 is 20.8. The van der Waals surface area contributed by atoms with Gasteiger partial charge in [-0.05, 0) is 31.2 Å². The highest BCUT2D eigenvalue weighted by atomic mass is 32.1. The van der Waals surface area contributed by atoms with E-state index in [4.69, 9.17) is 11.2 Å². The van der Waals surface area contributed by atoms with Crippen LogP contribution in [0, 0.1) is 30.0 Å². The number of rotatable bonds is 7. The van der Waals surface area contributed by atoms with Gasteiger partial charge in [0.2, 0.25) is 5.91 Å². The van der Waals surface area contributed by atoms with Crippen molar-refractivity contribution in [1.82, 2.24) is 20.1 Å². The molecule has 1 N–H and O–H groups in total. The van der Waals surface area contributed by atoms with Crippen molar-refractivity contribution in [1.29, 1.82) is 0 Å². The molecule has 3 aliphatic rings. The summed E-state index contributed by atoms with van der Waals surface area (Å²) in [6, 6.07) is 2.60.